The van der Waals surface area contributed by atoms with Crippen LogP contribution in [0.1, 0.15) is 17.7 Å². The van der Waals surface area contributed by atoms with E-state index in [0.29, 0.717) is 0 Å². The van der Waals surface area contributed by atoms with Crippen LogP contribution in [-0.2, 0) is 0 Å². The SMILES string of the molecule is Cc1ccc(C2=CCCN2)cn1. The molecule has 0 aliphatic carbocycles. The lowest BCUT2D eigenvalue weighted by Gasteiger charge is -2.03. The van der Waals surface area contributed by atoms with E-state index < -0.39 is 0 Å². The molecule has 0 unspecified atom stereocenters. The van der Waals surface area contributed by atoms with Crippen LogP contribution in [0.2, 0.25) is 0 Å². The Morgan fingerprint density at radius 3 is 2.92 bits per heavy atom. The molecule has 0 saturated carbocycles. The molecule has 0 aromatic carbocycles. The number of aromatic nitrogens is 1. The number of aryl methyl sites for hydroxylation is 1. The van der Waals surface area contributed by atoms with E-state index in [2.05, 4.69) is 22.4 Å². The third-order valence-corrected chi connectivity index (χ3v) is 2.03. The van der Waals surface area contributed by atoms with Crippen molar-refractivity contribution in [3.8, 4) is 0 Å². The molecule has 0 atom stereocenters. The van der Waals surface area contributed by atoms with Gasteiger partial charge in [0.25, 0.3) is 0 Å². The van der Waals surface area contributed by atoms with Crippen molar-refractivity contribution in [1.82, 2.24) is 10.3 Å². The van der Waals surface area contributed by atoms with Crippen LogP contribution in [0, 0.1) is 6.92 Å². The summed E-state index contributed by atoms with van der Waals surface area (Å²) < 4.78 is 0. The second-order valence-electron chi connectivity index (χ2n) is 3.02. The van der Waals surface area contributed by atoms with Crippen LogP contribution in [0.5, 0.6) is 0 Å². The first-order valence-electron chi connectivity index (χ1n) is 4.23. The molecule has 1 aliphatic rings. The second-order valence-corrected chi connectivity index (χ2v) is 3.02. The van der Waals surface area contributed by atoms with Gasteiger partial charge in [-0.05, 0) is 25.5 Å². The maximum Gasteiger partial charge on any atom is 0.0389 e. The number of hydrogen-bond acceptors (Lipinski definition) is 2. The van der Waals surface area contributed by atoms with Crippen LogP contribution in [-0.4, -0.2) is 11.5 Å². The van der Waals surface area contributed by atoms with E-state index in [0.717, 1.165) is 18.7 Å². The molecular weight excluding hydrogens is 148 g/mol. The summed E-state index contributed by atoms with van der Waals surface area (Å²) in [7, 11) is 0. The second kappa shape index (κ2) is 2.97. The van der Waals surface area contributed by atoms with E-state index in [9.17, 15) is 0 Å². The summed E-state index contributed by atoms with van der Waals surface area (Å²) in [6.07, 6.45) is 5.26. The molecule has 1 aromatic rings. The van der Waals surface area contributed by atoms with Gasteiger partial charge in [-0.3, -0.25) is 4.98 Å². The average molecular weight is 160 g/mol. The molecule has 0 bridgehead atoms. The summed E-state index contributed by atoms with van der Waals surface area (Å²) in [6, 6.07) is 4.14. The Hall–Kier alpha value is -1.31. The van der Waals surface area contributed by atoms with Gasteiger partial charge in [0.1, 0.15) is 0 Å². The monoisotopic (exact) mass is 160 g/mol. The predicted octanol–water partition coefficient (Wildman–Crippen LogP) is 1.72. The maximum atomic E-state index is 4.24. The van der Waals surface area contributed by atoms with Gasteiger partial charge in [-0.25, -0.2) is 0 Å². The molecule has 2 heterocycles. The molecular formula is C10H12N2. The molecule has 2 heteroatoms. The first-order chi connectivity index (χ1) is 5.86. The highest BCUT2D eigenvalue weighted by Gasteiger charge is 2.04. The molecule has 2 nitrogen and oxygen atoms in total. The lowest BCUT2D eigenvalue weighted by atomic mass is 10.2. The molecule has 0 radical (unpaired) electrons. The highest BCUT2D eigenvalue weighted by atomic mass is 14.9. The Kier molecular flexibility index (Phi) is 1.82. The van der Waals surface area contributed by atoms with Crippen molar-refractivity contribution in [1.29, 1.82) is 0 Å². The van der Waals surface area contributed by atoms with E-state index in [1.165, 1.54) is 11.3 Å². The van der Waals surface area contributed by atoms with Gasteiger partial charge in [0, 0.05) is 29.7 Å². The number of pyridine rings is 1. The summed E-state index contributed by atoms with van der Waals surface area (Å²) in [6.45, 7) is 3.06. The topological polar surface area (TPSA) is 24.9 Å². The first-order valence-corrected chi connectivity index (χ1v) is 4.23. The summed E-state index contributed by atoms with van der Waals surface area (Å²) in [5.41, 5.74) is 3.48. The zero-order valence-electron chi connectivity index (χ0n) is 7.17. The van der Waals surface area contributed by atoms with Gasteiger partial charge in [0.05, 0.1) is 0 Å². The lowest BCUT2D eigenvalue weighted by molar-refractivity contribution is 0.927. The fraction of sp³-hybridized carbons (Fsp3) is 0.300. The standard InChI is InChI=1S/C10H12N2/c1-8-4-5-9(7-12-8)10-3-2-6-11-10/h3-5,7,11H,2,6H2,1H3. The molecule has 0 fully saturated rings. The highest BCUT2D eigenvalue weighted by Crippen LogP contribution is 2.14. The van der Waals surface area contributed by atoms with Gasteiger partial charge < -0.3 is 5.32 Å². The van der Waals surface area contributed by atoms with Gasteiger partial charge in [0.15, 0.2) is 0 Å². The fourth-order valence-corrected chi connectivity index (χ4v) is 1.34. The van der Waals surface area contributed by atoms with Gasteiger partial charge >= 0.3 is 0 Å². The molecule has 1 aromatic heterocycles. The summed E-state index contributed by atoms with van der Waals surface area (Å²) in [5.74, 6) is 0. The molecule has 2 rings (SSSR count). The number of nitrogens with zero attached hydrogens (tertiary/aromatic N) is 1. The normalized spacial score (nSPS) is 15.6. The van der Waals surface area contributed by atoms with Crippen molar-refractivity contribution in [3.05, 3.63) is 35.7 Å². The third kappa shape index (κ3) is 1.33. The minimum atomic E-state index is 1.06. The molecule has 1 N–H and O–H groups in total. The van der Waals surface area contributed by atoms with Crippen LogP contribution in [0.25, 0.3) is 5.70 Å². The Labute approximate surface area is 72.3 Å². The third-order valence-electron chi connectivity index (χ3n) is 2.03. The maximum absolute atomic E-state index is 4.24. The van der Waals surface area contributed by atoms with Crippen LogP contribution in [0.3, 0.4) is 0 Å². The minimum absolute atomic E-state index is 1.06. The van der Waals surface area contributed by atoms with Gasteiger partial charge in [-0.2, -0.15) is 0 Å². The van der Waals surface area contributed by atoms with Crippen LogP contribution >= 0.6 is 0 Å². The van der Waals surface area contributed by atoms with E-state index in [-0.39, 0.29) is 0 Å². The Morgan fingerprint density at radius 1 is 1.42 bits per heavy atom. The van der Waals surface area contributed by atoms with Gasteiger partial charge in [-0.15, -0.1) is 0 Å². The Bertz CT molecular complexity index is 298. The number of nitrogens with one attached hydrogen (secondary N) is 1. The zero-order valence-corrected chi connectivity index (χ0v) is 7.17. The first kappa shape index (κ1) is 7.35. The minimum Gasteiger partial charge on any atom is -0.384 e. The fourth-order valence-electron chi connectivity index (χ4n) is 1.34. The highest BCUT2D eigenvalue weighted by molar-refractivity contribution is 5.64. The van der Waals surface area contributed by atoms with Gasteiger partial charge in [-0.1, -0.05) is 6.08 Å². The smallest absolute Gasteiger partial charge is 0.0389 e. The van der Waals surface area contributed by atoms with Gasteiger partial charge in [0.2, 0.25) is 0 Å². The Morgan fingerprint density at radius 2 is 2.33 bits per heavy atom. The van der Waals surface area contributed by atoms with E-state index in [4.69, 9.17) is 0 Å². The molecule has 62 valence electrons. The molecule has 0 amide bonds. The van der Waals surface area contributed by atoms with Crippen molar-refractivity contribution < 1.29 is 0 Å². The predicted molar refractivity (Wildman–Crippen MR) is 49.6 cm³/mol. The summed E-state index contributed by atoms with van der Waals surface area (Å²) in [5, 5.41) is 3.31. The van der Waals surface area contributed by atoms with Crippen molar-refractivity contribution in [2.45, 2.75) is 13.3 Å². The van der Waals surface area contributed by atoms with Crippen LogP contribution in [0.15, 0.2) is 24.4 Å². The molecule has 1 aliphatic heterocycles. The van der Waals surface area contributed by atoms with E-state index in [1.807, 2.05) is 19.2 Å². The number of hydrogen-bond donors (Lipinski definition) is 1. The summed E-state index contributed by atoms with van der Waals surface area (Å²) >= 11 is 0. The number of rotatable bonds is 1. The van der Waals surface area contributed by atoms with Crippen molar-refractivity contribution in [2.75, 3.05) is 6.54 Å². The largest absolute Gasteiger partial charge is 0.384 e. The lowest BCUT2D eigenvalue weighted by Crippen LogP contribution is -2.06. The molecule has 0 saturated heterocycles. The average Bonchev–Trinajstić information content (AvgIpc) is 2.58. The van der Waals surface area contributed by atoms with Crippen LogP contribution < -0.4 is 5.32 Å². The van der Waals surface area contributed by atoms with Crippen molar-refractivity contribution >= 4 is 5.70 Å². The molecule has 12 heavy (non-hydrogen) atoms. The Balaban J connectivity index is 2.28. The summed E-state index contributed by atoms with van der Waals surface area (Å²) in [4.78, 5) is 4.24. The zero-order chi connectivity index (χ0) is 8.39. The quantitative estimate of drug-likeness (QED) is 0.676. The van der Waals surface area contributed by atoms with Crippen molar-refractivity contribution in [2.24, 2.45) is 0 Å². The molecule has 0 spiro atoms. The van der Waals surface area contributed by atoms with E-state index in [1.54, 1.807) is 0 Å². The van der Waals surface area contributed by atoms with Crippen LogP contribution in [0.4, 0.5) is 0 Å². The van der Waals surface area contributed by atoms with E-state index >= 15 is 0 Å². The van der Waals surface area contributed by atoms with Crippen molar-refractivity contribution in [3.63, 3.8) is 0 Å².